The molecule has 0 bridgehead atoms. The largest absolute Gasteiger partial charge is 0.310 e. The van der Waals surface area contributed by atoms with Crippen LogP contribution in [-0.4, -0.2) is 23.5 Å². The number of benzene rings is 1. The third kappa shape index (κ3) is 3.74. The van der Waals surface area contributed by atoms with Crippen molar-refractivity contribution in [2.75, 3.05) is 17.2 Å². The summed E-state index contributed by atoms with van der Waals surface area (Å²) < 4.78 is 0. The minimum atomic E-state index is 0.0626. The van der Waals surface area contributed by atoms with Crippen LogP contribution in [0.15, 0.2) is 30.3 Å². The SMILES string of the molecule is N#CCCN(C(=O)C1CCCCS1)c1ccccc1. The highest BCUT2D eigenvalue weighted by Gasteiger charge is 2.27. The minimum Gasteiger partial charge on any atom is -0.310 e. The van der Waals surface area contributed by atoms with Gasteiger partial charge in [-0.05, 0) is 30.7 Å². The molecular formula is C15H18N2OS. The summed E-state index contributed by atoms with van der Waals surface area (Å²) in [6.07, 6.45) is 3.67. The summed E-state index contributed by atoms with van der Waals surface area (Å²) in [5, 5.41) is 8.82. The monoisotopic (exact) mass is 274 g/mol. The molecule has 4 heteroatoms. The van der Waals surface area contributed by atoms with Crippen molar-refractivity contribution in [3.8, 4) is 6.07 Å². The Morgan fingerprint density at radius 2 is 2.16 bits per heavy atom. The fourth-order valence-electron chi connectivity index (χ4n) is 2.25. The van der Waals surface area contributed by atoms with Crippen molar-refractivity contribution in [2.24, 2.45) is 0 Å². The number of anilines is 1. The second-order valence-corrected chi connectivity index (χ2v) is 5.90. The van der Waals surface area contributed by atoms with E-state index in [4.69, 9.17) is 5.26 Å². The average Bonchev–Trinajstić information content (AvgIpc) is 2.49. The molecule has 3 nitrogen and oxygen atoms in total. The third-order valence-corrected chi connectivity index (χ3v) is 4.60. The van der Waals surface area contributed by atoms with E-state index in [2.05, 4.69) is 6.07 Å². The van der Waals surface area contributed by atoms with Crippen molar-refractivity contribution < 1.29 is 4.79 Å². The predicted molar refractivity (Wildman–Crippen MR) is 79.1 cm³/mol. The molecular weight excluding hydrogens is 256 g/mol. The molecule has 1 fully saturated rings. The van der Waals surface area contributed by atoms with Crippen molar-refractivity contribution >= 4 is 23.4 Å². The zero-order chi connectivity index (χ0) is 13.5. The average molecular weight is 274 g/mol. The summed E-state index contributed by atoms with van der Waals surface area (Å²) in [4.78, 5) is 14.4. The first-order chi connectivity index (χ1) is 9.33. The van der Waals surface area contributed by atoms with Crippen LogP contribution in [0.5, 0.6) is 0 Å². The third-order valence-electron chi connectivity index (χ3n) is 3.24. The second kappa shape index (κ2) is 7.20. The van der Waals surface area contributed by atoms with Crippen LogP contribution < -0.4 is 4.90 Å². The van der Waals surface area contributed by atoms with Crippen molar-refractivity contribution in [1.82, 2.24) is 0 Å². The fourth-order valence-corrected chi connectivity index (χ4v) is 3.50. The summed E-state index contributed by atoms with van der Waals surface area (Å²) in [6.45, 7) is 0.483. The molecule has 0 aromatic heterocycles. The van der Waals surface area contributed by atoms with Gasteiger partial charge in [0.1, 0.15) is 0 Å². The number of thioether (sulfide) groups is 1. The van der Waals surface area contributed by atoms with E-state index in [0.29, 0.717) is 13.0 Å². The van der Waals surface area contributed by atoms with E-state index in [1.54, 1.807) is 16.7 Å². The lowest BCUT2D eigenvalue weighted by Crippen LogP contribution is -2.39. The maximum Gasteiger partial charge on any atom is 0.240 e. The quantitative estimate of drug-likeness (QED) is 0.846. The lowest BCUT2D eigenvalue weighted by molar-refractivity contribution is -0.118. The Balaban J connectivity index is 2.12. The topological polar surface area (TPSA) is 44.1 Å². The lowest BCUT2D eigenvalue weighted by Gasteiger charge is -2.28. The minimum absolute atomic E-state index is 0.0626. The zero-order valence-corrected chi connectivity index (χ0v) is 11.7. The summed E-state index contributed by atoms with van der Waals surface area (Å²) in [6, 6.07) is 11.8. The van der Waals surface area contributed by atoms with Gasteiger partial charge in [0.2, 0.25) is 5.91 Å². The Kier molecular flexibility index (Phi) is 5.29. The number of carbonyl (C=O) groups excluding carboxylic acids is 1. The van der Waals surface area contributed by atoms with Crippen LogP contribution in [0.3, 0.4) is 0 Å². The van der Waals surface area contributed by atoms with Crippen molar-refractivity contribution in [3.63, 3.8) is 0 Å². The van der Waals surface area contributed by atoms with Gasteiger partial charge in [0.15, 0.2) is 0 Å². The first kappa shape index (κ1) is 14.0. The van der Waals surface area contributed by atoms with Crippen LogP contribution in [0.4, 0.5) is 5.69 Å². The van der Waals surface area contributed by atoms with Gasteiger partial charge < -0.3 is 4.90 Å². The highest BCUT2D eigenvalue weighted by atomic mass is 32.2. The Bertz CT molecular complexity index is 449. The molecule has 1 saturated heterocycles. The number of amides is 1. The van der Waals surface area contributed by atoms with Gasteiger partial charge in [0.05, 0.1) is 17.7 Å². The molecule has 0 saturated carbocycles. The number of nitrogens with zero attached hydrogens (tertiary/aromatic N) is 2. The Morgan fingerprint density at radius 3 is 2.79 bits per heavy atom. The molecule has 1 aromatic carbocycles. The van der Waals surface area contributed by atoms with E-state index in [-0.39, 0.29) is 11.2 Å². The second-order valence-electron chi connectivity index (χ2n) is 4.59. The molecule has 0 N–H and O–H groups in total. The van der Waals surface area contributed by atoms with Gasteiger partial charge in [-0.25, -0.2) is 0 Å². The number of carbonyl (C=O) groups is 1. The normalized spacial score (nSPS) is 18.6. The standard InChI is InChI=1S/C15H18N2OS/c16-10-6-11-17(13-7-2-1-3-8-13)15(18)14-9-4-5-12-19-14/h1-3,7-8,14H,4-6,9,11-12H2. The molecule has 0 aliphatic carbocycles. The fraction of sp³-hybridized carbons (Fsp3) is 0.467. The molecule has 1 atom stereocenters. The summed E-state index contributed by atoms with van der Waals surface area (Å²) in [5.74, 6) is 1.23. The van der Waals surface area contributed by atoms with E-state index < -0.39 is 0 Å². The molecule has 1 aliphatic rings. The van der Waals surface area contributed by atoms with Gasteiger partial charge in [-0.2, -0.15) is 5.26 Å². The van der Waals surface area contributed by atoms with Gasteiger partial charge in [-0.15, -0.1) is 11.8 Å². The molecule has 1 aliphatic heterocycles. The molecule has 2 rings (SSSR count). The molecule has 100 valence electrons. The van der Waals surface area contributed by atoms with E-state index >= 15 is 0 Å². The predicted octanol–water partition coefficient (Wildman–Crippen LogP) is 3.22. The van der Waals surface area contributed by atoms with Gasteiger partial charge >= 0.3 is 0 Å². The Labute approximate surface area is 118 Å². The van der Waals surface area contributed by atoms with Gasteiger partial charge in [-0.3, -0.25) is 4.79 Å². The lowest BCUT2D eigenvalue weighted by atomic mass is 10.1. The smallest absolute Gasteiger partial charge is 0.240 e. The molecule has 1 aromatic rings. The number of para-hydroxylation sites is 1. The molecule has 0 radical (unpaired) electrons. The number of hydrogen-bond acceptors (Lipinski definition) is 3. The van der Waals surface area contributed by atoms with Crippen LogP contribution in [0.1, 0.15) is 25.7 Å². The molecule has 19 heavy (non-hydrogen) atoms. The van der Waals surface area contributed by atoms with Crippen LogP contribution >= 0.6 is 11.8 Å². The van der Waals surface area contributed by atoms with Gasteiger partial charge in [-0.1, -0.05) is 24.6 Å². The number of hydrogen-bond donors (Lipinski definition) is 0. The number of nitriles is 1. The number of rotatable bonds is 4. The zero-order valence-electron chi connectivity index (χ0n) is 10.9. The van der Waals surface area contributed by atoms with E-state index in [0.717, 1.165) is 24.3 Å². The maximum atomic E-state index is 12.6. The summed E-state index contributed by atoms with van der Waals surface area (Å²) >= 11 is 1.75. The molecule has 1 heterocycles. The van der Waals surface area contributed by atoms with E-state index in [9.17, 15) is 4.79 Å². The molecule has 0 spiro atoms. The van der Waals surface area contributed by atoms with Crippen LogP contribution in [-0.2, 0) is 4.79 Å². The first-order valence-electron chi connectivity index (χ1n) is 6.68. The summed E-state index contributed by atoms with van der Waals surface area (Å²) in [5.41, 5.74) is 0.897. The van der Waals surface area contributed by atoms with Crippen LogP contribution in [0.2, 0.25) is 0 Å². The van der Waals surface area contributed by atoms with Crippen molar-refractivity contribution in [1.29, 1.82) is 5.26 Å². The van der Waals surface area contributed by atoms with Gasteiger partial charge in [0.25, 0.3) is 0 Å². The Hall–Kier alpha value is -1.47. The highest BCUT2D eigenvalue weighted by Crippen LogP contribution is 2.28. The van der Waals surface area contributed by atoms with Gasteiger partial charge in [0, 0.05) is 12.2 Å². The Morgan fingerprint density at radius 1 is 1.37 bits per heavy atom. The van der Waals surface area contributed by atoms with E-state index in [1.165, 1.54) is 6.42 Å². The van der Waals surface area contributed by atoms with E-state index in [1.807, 2.05) is 30.3 Å². The highest BCUT2D eigenvalue weighted by molar-refractivity contribution is 8.00. The molecule has 1 amide bonds. The van der Waals surface area contributed by atoms with Crippen molar-refractivity contribution in [3.05, 3.63) is 30.3 Å². The van der Waals surface area contributed by atoms with Crippen molar-refractivity contribution in [2.45, 2.75) is 30.9 Å². The van der Waals surface area contributed by atoms with Crippen LogP contribution in [0.25, 0.3) is 0 Å². The summed E-state index contributed by atoms with van der Waals surface area (Å²) in [7, 11) is 0. The molecule has 1 unspecified atom stereocenters. The maximum absolute atomic E-state index is 12.6. The van der Waals surface area contributed by atoms with Crippen LogP contribution in [0, 0.1) is 11.3 Å². The first-order valence-corrected chi connectivity index (χ1v) is 7.73.